The van der Waals surface area contributed by atoms with Gasteiger partial charge in [0.1, 0.15) is 16.8 Å². The molecule has 0 atom stereocenters. The van der Waals surface area contributed by atoms with Crippen LogP contribution >= 0.6 is 22.7 Å². The Morgan fingerprint density at radius 1 is 1.33 bits per heavy atom. The van der Waals surface area contributed by atoms with E-state index in [1.54, 1.807) is 23.4 Å². The molecule has 0 saturated carbocycles. The fourth-order valence-corrected chi connectivity index (χ4v) is 1.51. The van der Waals surface area contributed by atoms with Crippen molar-refractivity contribution in [1.82, 2.24) is 9.97 Å². The van der Waals surface area contributed by atoms with E-state index in [0.717, 1.165) is 4.88 Å². The van der Waals surface area contributed by atoms with Gasteiger partial charge >= 0.3 is 0 Å². The number of nitrogen functional groups attached to an aromatic ring is 1. The van der Waals surface area contributed by atoms with Gasteiger partial charge < -0.3 is 5.73 Å². The van der Waals surface area contributed by atoms with E-state index in [2.05, 4.69) is 9.97 Å². The van der Waals surface area contributed by atoms with Gasteiger partial charge in [-0.25, -0.2) is 0 Å². The van der Waals surface area contributed by atoms with Crippen LogP contribution in [0.3, 0.4) is 0 Å². The van der Waals surface area contributed by atoms with E-state index < -0.39 is 0 Å². The van der Waals surface area contributed by atoms with E-state index in [1.165, 1.54) is 22.7 Å². The third kappa shape index (κ3) is 3.84. The number of aromatic nitrogens is 2. The van der Waals surface area contributed by atoms with Gasteiger partial charge in [0, 0.05) is 6.20 Å². The van der Waals surface area contributed by atoms with Gasteiger partial charge in [0.25, 0.3) is 0 Å². The number of nitriles is 1. The summed E-state index contributed by atoms with van der Waals surface area (Å²) in [6.07, 6.45) is 3.12. The average molecular weight is 237 g/mol. The number of hydrogen-bond donors (Lipinski definition) is 2. The standard InChI is InChI=1S/C4H5N3S.C4H2N2S/c5-4(6)3-1-7-2-8-3;5-1-4-2-6-3-7-4/h1-2H,(H3,5,6);2-3H. The molecule has 0 aliphatic heterocycles. The second-order valence-corrected chi connectivity index (χ2v) is 4.03. The van der Waals surface area contributed by atoms with Crippen LogP contribution in [0.25, 0.3) is 0 Å². The Bertz CT molecular complexity index is 440. The van der Waals surface area contributed by atoms with Crippen molar-refractivity contribution in [1.29, 1.82) is 10.7 Å². The van der Waals surface area contributed by atoms with E-state index >= 15 is 0 Å². The maximum absolute atomic E-state index is 8.15. The molecule has 76 valence electrons. The molecule has 0 fully saturated rings. The molecule has 0 aromatic carbocycles. The first-order chi connectivity index (χ1) is 7.24. The topological polar surface area (TPSA) is 99.4 Å². The molecule has 0 radical (unpaired) electrons. The Labute approximate surface area is 94.4 Å². The summed E-state index contributed by atoms with van der Waals surface area (Å²) < 4.78 is 0. The lowest BCUT2D eigenvalue weighted by molar-refractivity contribution is 1.39. The van der Waals surface area contributed by atoms with Crippen molar-refractivity contribution >= 4 is 28.5 Å². The second-order valence-electron chi connectivity index (χ2n) is 2.26. The Hall–Kier alpha value is -1.78. The van der Waals surface area contributed by atoms with Gasteiger partial charge in [0.05, 0.1) is 22.1 Å². The molecule has 7 heteroatoms. The highest BCUT2D eigenvalue weighted by molar-refractivity contribution is 7.11. The predicted octanol–water partition coefficient (Wildman–Crippen LogP) is 1.44. The van der Waals surface area contributed by atoms with Gasteiger partial charge in [-0.15, -0.1) is 22.7 Å². The van der Waals surface area contributed by atoms with Crippen molar-refractivity contribution in [3.8, 4) is 6.07 Å². The third-order valence-corrected chi connectivity index (χ3v) is 2.72. The first-order valence-electron chi connectivity index (χ1n) is 3.75. The summed E-state index contributed by atoms with van der Waals surface area (Å²) in [5, 5.41) is 15.0. The molecule has 0 saturated heterocycles. The molecule has 15 heavy (non-hydrogen) atoms. The minimum atomic E-state index is 0.0903. The van der Waals surface area contributed by atoms with Crippen LogP contribution in [0.1, 0.15) is 9.75 Å². The summed E-state index contributed by atoms with van der Waals surface area (Å²) in [4.78, 5) is 8.82. The van der Waals surface area contributed by atoms with Crippen molar-refractivity contribution in [3.63, 3.8) is 0 Å². The highest BCUT2D eigenvalue weighted by Crippen LogP contribution is 2.02. The minimum absolute atomic E-state index is 0.0903. The van der Waals surface area contributed by atoms with Gasteiger partial charge in [-0.1, -0.05) is 0 Å². The molecular weight excluding hydrogens is 230 g/mol. The summed E-state index contributed by atoms with van der Waals surface area (Å²) in [5.41, 5.74) is 8.40. The van der Waals surface area contributed by atoms with E-state index in [0.29, 0.717) is 4.88 Å². The van der Waals surface area contributed by atoms with Crippen molar-refractivity contribution in [3.05, 3.63) is 33.2 Å². The SMILES string of the molecule is N#Cc1cncs1.N=C(N)c1cncs1. The number of thiazole rings is 2. The van der Waals surface area contributed by atoms with E-state index in [-0.39, 0.29) is 5.84 Å². The highest BCUT2D eigenvalue weighted by atomic mass is 32.1. The molecule has 0 bridgehead atoms. The number of nitrogens with two attached hydrogens (primary N) is 1. The number of nitrogens with one attached hydrogen (secondary N) is 1. The number of nitrogens with zero attached hydrogens (tertiary/aromatic N) is 3. The molecular formula is C8H7N5S2. The smallest absolute Gasteiger partial charge is 0.134 e. The van der Waals surface area contributed by atoms with Crippen LogP contribution < -0.4 is 5.73 Å². The summed E-state index contributed by atoms with van der Waals surface area (Å²) in [5.74, 6) is 0.0903. The maximum atomic E-state index is 8.15. The summed E-state index contributed by atoms with van der Waals surface area (Å²) in [7, 11) is 0. The second kappa shape index (κ2) is 5.85. The largest absolute Gasteiger partial charge is 0.383 e. The number of rotatable bonds is 1. The Kier molecular flexibility index (Phi) is 4.40. The average Bonchev–Trinajstić information content (AvgIpc) is 2.92. The lowest BCUT2D eigenvalue weighted by Crippen LogP contribution is -2.08. The van der Waals surface area contributed by atoms with Crippen LogP contribution in [0.4, 0.5) is 0 Å². The lowest BCUT2D eigenvalue weighted by Gasteiger charge is -1.83. The van der Waals surface area contributed by atoms with Crippen molar-refractivity contribution in [2.45, 2.75) is 0 Å². The van der Waals surface area contributed by atoms with Crippen molar-refractivity contribution in [2.75, 3.05) is 0 Å². The molecule has 2 rings (SSSR count). The van der Waals surface area contributed by atoms with Crippen molar-refractivity contribution in [2.24, 2.45) is 5.73 Å². The minimum Gasteiger partial charge on any atom is -0.383 e. The van der Waals surface area contributed by atoms with Gasteiger partial charge in [-0.3, -0.25) is 15.4 Å². The summed E-state index contributed by atoms with van der Waals surface area (Å²) in [6, 6.07) is 1.96. The monoisotopic (exact) mass is 237 g/mol. The number of amidine groups is 1. The molecule has 0 unspecified atom stereocenters. The fraction of sp³-hybridized carbons (Fsp3) is 0. The highest BCUT2D eigenvalue weighted by Gasteiger charge is 1.93. The summed E-state index contributed by atoms with van der Waals surface area (Å²) in [6.45, 7) is 0. The van der Waals surface area contributed by atoms with Crippen LogP contribution in [0.5, 0.6) is 0 Å². The molecule has 3 N–H and O–H groups in total. The van der Waals surface area contributed by atoms with Gasteiger partial charge in [0.2, 0.25) is 0 Å². The molecule has 2 aromatic rings. The zero-order valence-corrected chi connectivity index (χ0v) is 9.18. The molecule has 2 heterocycles. The first-order valence-corrected chi connectivity index (χ1v) is 5.51. The van der Waals surface area contributed by atoms with Crippen LogP contribution in [0, 0.1) is 16.7 Å². The molecule has 5 nitrogen and oxygen atoms in total. The van der Waals surface area contributed by atoms with Gasteiger partial charge in [0.15, 0.2) is 0 Å². The third-order valence-electron chi connectivity index (χ3n) is 1.24. The zero-order chi connectivity index (χ0) is 11.1. The van der Waals surface area contributed by atoms with E-state index in [4.69, 9.17) is 16.4 Å². The first kappa shape index (κ1) is 11.3. The molecule has 2 aromatic heterocycles. The predicted molar refractivity (Wildman–Crippen MR) is 60.0 cm³/mol. The summed E-state index contributed by atoms with van der Waals surface area (Å²) >= 11 is 2.72. The molecule has 0 amide bonds. The maximum Gasteiger partial charge on any atom is 0.134 e. The molecule has 0 spiro atoms. The molecule has 0 aliphatic rings. The zero-order valence-electron chi connectivity index (χ0n) is 7.54. The lowest BCUT2D eigenvalue weighted by atomic mass is 10.5. The van der Waals surface area contributed by atoms with Crippen LogP contribution in [-0.4, -0.2) is 15.8 Å². The Morgan fingerprint density at radius 3 is 2.27 bits per heavy atom. The van der Waals surface area contributed by atoms with Gasteiger partial charge in [-0.2, -0.15) is 5.26 Å². The van der Waals surface area contributed by atoms with Crippen LogP contribution in [-0.2, 0) is 0 Å². The Morgan fingerprint density at radius 2 is 2.00 bits per heavy atom. The van der Waals surface area contributed by atoms with E-state index in [9.17, 15) is 0 Å². The number of hydrogen-bond acceptors (Lipinski definition) is 6. The Balaban J connectivity index is 0.000000151. The normalized spacial score (nSPS) is 8.47. The fourth-order valence-electron chi connectivity index (χ4n) is 0.620. The quantitative estimate of drug-likeness (QED) is 0.579. The molecule has 0 aliphatic carbocycles. The van der Waals surface area contributed by atoms with E-state index in [1.807, 2.05) is 6.07 Å². The van der Waals surface area contributed by atoms with Gasteiger partial charge in [-0.05, 0) is 0 Å². The van der Waals surface area contributed by atoms with Crippen molar-refractivity contribution < 1.29 is 0 Å². The van der Waals surface area contributed by atoms with Crippen LogP contribution in [0.2, 0.25) is 0 Å². The van der Waals surface area contributed by atoms with Crippen LogP contribution in [0.15, 0.2) is 23.4 Å².